The Hall–Kier alpha value is -1.97. The van der Waals surface area contributed by atoms with Crippen LogP contribution in [0, 0.1) is 0 Å². The lowest BCUT2D eigenvalue weighted by Gasteiger charge is -2.07. The summed E-state index contributed by atoms with van der Waals surface area (Å²) in [4.78, 5) is 17.0. The van der Waals surface area contributed by atoms with Crippen LogP contribution < -0.4 is 10.6 Å². The van der Waals surface area contributed by atoms with E-state index in [1.165, 1.54) is 40.0 Å². The number of thioether (sulfide) groups is 1. The minimum atomic E-state index is -0.288. The van der Waals surface area contributed by atoms with E-state index < -0.39 is 0 Å². The maximum atomic E-state index is 12.5. The summed E-state index contributed by atoms with van der Waals surface area (Å²) in [5.74, 6) is -0.0950. The molecular weight excluding hydrogens is 398 g/mol. The summed E-state index contributed by atoms with van der Waals surface area (Å²) in [6, 6.07) is 8.34. The maximum absolute atomic E-state index is 12.5. The van der Waals surface area contributed by atoms with Gasteiger partial charge in [0.25, 0.3) is 0 Å². The monoisotopic (exact) mass is 419 g/mol. The van der Waals surface area contributed by atoms with Crippen LogP contribution in [-0.2, 0) is 11.2 Å². The number of anilines is 2. The summed E-state index contributed by atoms with van der Waals surface area (Å²) in [6.45, 7) is 6.79. The Morgan fingerprint density at radius 1 is 1.19 bits per heavy atom. The van der Waals surface area contributed by atoms with Gasteiger partial charge in [-0.15, -0.1) is 21.5 Å². The normalized spacial score (nSPS) is 12.0. The number of nitrogens with zero attached hydrogens (tertiary/aromatic N) is 3. The smallest absolute Gasteiger partial charge is 0.239 e. The number of hydrogen-bond acceptors (Lipinski definition) is 8. The predicted octanol–water partition coefficient (Wildman–Crippen LogP) is 4.78. The first-order valence-electron chi connectivity index (χ1n) is 8.68. The van der Waals surface area contributed by atoms with Gasteiger partial charge < -0.3 is 10.6 Å². The van der Waals surface area contributed by atoms with E-state index in [2.05, 4.69) is 57.0 Å². The van der Waals surface area contributed by atoms with Crippen LogP contribution in [0.3, 0.4) is 0 Å². The van der Waals surface area contributed by atoms with E-state index in [1.807, 2.05) is 19.2 Å². The van der Waals surface area contributed by atoms with Gasteiger partial charge in [0.1, 0.15) is 0 Å². The first-order valence-corrected chi connectivity index (χ1v) is 11.3. The summed E-state index contributed by atoms with van der Waals surface area (Å²) in [7, 11) is 0. The number of benzene rings is 1. The highest BCUT2D eigenvalue weighted by molar-refractivity contribution is 8.02. The van der Waals surface area contributed by atoms with E-state index in [0.29, 0.717) is 5.13 Å². The summed E-state index contributed by atoms with van der Waals surface area (Å²) in [5.41, 5.74) is 3.22. The maximum Gasteiger partial charge on any atom is 0.239 e. The molecule has 0 aliphatic carbocycles. The lowest BCUT2D eigenvalue weighted by molar-refractivity contribution is -0.115. The van der Waals surface area contributed by atoms with Crippen molar-refractivity contribution in [3.05, 3.63) is 35.2 Å². The Labute approximate surface area is 170 Å². The number of rotatable bonds is 8. The van der Waals surface area contributed by atoms with Crippen LogP contribution >= 0.6 is 34.4 Å². The number of hydrogen-bond donors (Lipinski definition) is 2. The number of carbonyl (C=O) groups excluding carboxylic acids is 1. The SMILES string of the molecule is CCNc1nnc(S[C@H](C)C(=O)Nc2nc(-c3ccc(CC)cc3)cs2)s1. The minimum Gasteiger partial charge on any atom is -0.360 e. The number of thiazole rings is 1. The second-order valence-corrected chi connectivity index (χ2v) is 9.16. The highest BCUT2D eigenvalue weighted by atomic mass is 32.2. The lowest BCUT2D eigenvalue weighted by atomic mass is 10.1. The molecule has 27 heavy (non-hydrogen) atoms. The van der Waals surface area contributed by atoms with Gasteiger partial charge in [-0.25, -0.2) is 4.98 Å². The average molecular weight is 420 g/mol. The minimum absolute atomic E-state index is 0.0950. The first-order chi connectivity index (χ1) is 13.1. The number of amides is 1. The van der Waals surface area contributed by atoms with Gasteiger partial charge in [-0.1, -0.05) is 54.3 Å². The molecule has 0 spiro atoms. The highest BCUT2D eigenvalue weighted by Crippen LogP contribution is 2.30. The van der Waals surface area contributed by atoms with Crippen molar-refractivity contribution in [3.63, 3.8) is 0 Å². The summed E-state index contributed by atoms with van der Waals surface area (Å²) >= 11 is 4.27. The zero-order chi connectivity index (χ0) is 19.2. The Morgan fingerprint density at radius 2 is 1.96 bits per heavy atom. The van der Waals surface area contributed by atoms with Crippen LogP contribution in [0.5, 0.6) is 0 Å². The van der Waals surface area contributed by atoms with Crippen molar-refractivity contribution >= 4 is 50.6 Å². The van der Waals surface area contributed by atoms with Gasteiger partial charge in [-0.05, 0) is 25.8 Å². The van der Waals surface area contributed by atoms with Gasteiger partial charge in [0, 0.05) is 17.5 Å². The molecule has 1 aromatic carbocycles. The zero-order valence-electron chi connectivity index (χ0n) is 15.4. The average Bonchev–Trinajstić information content (AvgIpc) is 3.32. The molecule has 2 aromatic heterocycles. The molecule has 0 saturated carbocycles. The standard InChI is InChI=1S/C18H21N5OS3/c1-4-12-6-8-13(9-7-12)14-10-25-17(20-14)21-15(24)11(3)26-18-23-22-16(27-18)19-5-2/h6-11H,4-5H2,1-3H3,(H,19,22)(H,20,21,24)/t11-/m1/s1. The first kappa shape index (κ1) is 19.8. The molecule has 9 heteroatoms. The predicted molar refractivity (Wildman–Crippen MR) is 115 cm³/mol. The summed E-state index contributed by atoms with van der Waals surface area (Å²) in [6.07, 6.45) is 1.01. The lowest BCUT2D eigenvalue weighted by Crippen LogP contribution is -2.22. The molecule has 0 aliphatic rings. The molecular formula is C18H21N5OS3. The Balaban J connectivity index is 1.59. The number of aromatic nitrogens is 3. The molecule has 142 valence electrons. The van der Waals surface area contributed by atoms with Crippen molar-refractivity contribution in [1.82, 2.24) is 15.2 Å². The van der Waals surface area contributed by atoms with Crippen molar-refractivity contribution in [2.45, 2.75) is 36.8 Å². The Kier molecular flexibility index (Phi) is 6.81. The van der Waals surface area contributed by atoms with E-state index in [4.69, 9.17) is 0 Å². The van der Waals surface area contributed by atoms with E-state index in [9.17, 15) is 4.79 Å². The third-order valence-corrected chi connectivity index (χ3v) is 6.60. The molecule has 0 aliphatic heterocycles. The van der Waals surface area contributed by atoms with Crippen LogP contribution in [0.4, 0.5) is 10.3 Å². The molecule has 6 nitrogen and oxygen atoms in total. The molecule has 0 unspecified atom stereocenters. The number of nitrogens with one attached hydrogen (secondary N) is 2. The van der Waals surface area contributed by atoms with Crippen molar-refractivity contribution < 1.29 is 4.79 Å². The molecule has 0 saturated heterocycles. The topological polar surface area (TPSA) is 79.8 Å². The highest BCUT2D eigenvalue weighted by Gasteiger charge is 2.18. The van der Waals surface area contributed by atoms with E-state index in [0.717, 1.165) is 33.7 Å². The number of carbonyl (C=O) groups is 1. The van der Waals surface area contributed by atoms with Gasteiger partial charge >= 0.3 is 0 Å². The van der Waals surface area contributed by atoms with Crippen LogP contribution in [0.15, 0.2) is 34.0 Å². The van der Waals surface area contributed by atoms with Gasteiger partial charge in [-0.2, -0.15) is 0 Å². The molecule has 1 atom stereocenters. The van der Waals surface area contributed by atoms with Gasteiger partial charge in [0.15, 0.2) is 9.47 Å². The van der Waals surface area contributed by atoms with Crippen molar-refractivity contribution in [3.8, 4) is 11.3 Å². The van der Waals surface area contributed by atoms with Gasteiger partial charge in [-0.3, -0.25) is 4.79 Å². The Morgan fingerprint density at radius 3 is 2.67 bits per heavy atom. The molecule has 0 bridgehead atoms. The second kappa shape index (κ2) is 9.29. The molecule has 0 fully saturated rings. The molecule has 0 radical (unpaired) electrons. The van der Waals surface area contributed by atoms with Gasteiger partial charge in [0.05, 0.1) is 10.9 Å². The fourth-order valence-corrected chi connectivity index (χ4v) is 4.95. The van der Waals surface area contributed by atoms with Crippen molar-refractivity contribution in [2.24, 2.45) is 0 Å². The third kappa shape index (κ3) is 5.27. The van der Waals surface area contributed by atoms with Crippen LogP contribution in [0.2, 0.25) is 0 Å². The van der Waals surface area contributed by atoms with Gasteiger partial charge in [0.2, 0.25) is 11.0 Å². The van der Waals surface area contributed by atoms with Crippen LogP contribution in [0.1, 0.15) is 26.3 Å². The molecule has 3 aromatic rings. The molecule has 2 heterocycles. The summed E-state index contributed by atoms with van der Waals surface area (Å²) < 4.78 is 0.768. The summed E-state index contributed by atoms with van der Waals surface area (Å²) in [5, 5.41) is 17.2. The largest absolute Gasteiger partial charge is 0.360 e. The fraction of sp³-hybridized carbons (Fsp3) is 0.333. The molecule has 1 amide bonds. The Bertz CT molecular complexity index is 891. The second-order valence-electron chi connectivity index (χ2n) is 5.74. The van der Waals surface area contributed by atoms with E-state index >= 15 is 0 Å². The third-order valence-electron chi connectivity index (χ3n) is 3.77. The number of aryl methyl sites for hydroxylation is 1. The van der Waals surface area contributed by atoms with Crippen molar-refractivity contribution in [1.29, 1.82) is 0 Å². The van der Waals surface area contributed by atoms with E-state index in [1.54, 1.807) is 0 Å². The quantitative estimate of drug-likeness (QED) is 0.512. The van der Waals surface area contributed by atoms with E-state index in [-0.39, 0.29) is 11.2 Å². The fourth-order valence-electron chi connectivity index (χ4n) is 2.27. The molecule has 2 N–H and O–H groups in total. The molecule has 3 rings (SSSR count). The zero-order valence-corrected chi connectivity index (χ0v) is 17.8. The van der Waals surface area contributed by atoms with Crippen LogP contribution in [0.25, 0.3) is 11.3 Å². The van der Waals surface area contributed by atoms with Crippen molar-refractivity contribution in [2.75, 3.05) is 17.2 Å². The van der Waals surface area contributed by atoms with Crippen LogP contribution in [-0.4, -0.2) is 32.9 Å².